The molecule has 2 atom stereocenters. The Morgan fingerprint density at radius 3 is 2.75 bits per heavy atom. The average Bonchev–Trinajstić information content (AvgIpc) is 3.39. The van der Waals surface area contributed by atoms with Crippen LogP contribution in [0.5, 0.6) is 0 Å². The molecule has 0 spiro atoms. The second-order valence-corrected chi connectivity index (χ2v) is 8.82. The van der Waals surface area contributed by atoms with Crippen molar-refractivity contribution in [2.75, 3.05) is 26.3 Å². The van der Waals surface area contributed by atoms with E-state index in [9.17, 15) is 14.0 Å². The summed E-state index contributed by atoms with van der Waals surface area (Å²) in [4.78, 5) is 27.3. The van der Waals surface area contributed by atoms with Crippen molar-refractivity contribution in [1.29, 1.82) is 0 Å². The van der Waals surface area contributed by atoms with E-state index in [1.165, 1.54) is 6.07 Å². The number of rotatable bonds is 6. The van der Waals surface area contributed by atoms with Crippen LogP contribution in [0.25, 0.3) is 0 Å². The number of hydrogen-bond donors (Lipinski definition) is 1. The molecule has 0 bridgehead atoms. The molecule has 2 amide bonds. The smallest absolute Gasteiger partial charge is 0.227 e. The van der Waals surface area contributed by atoms with Gasteiger partial charge in [0.05, 0.1) is 25.0 Å². The first-order valence-electron chi connectivity index (χ1n) is 11.2. The molecule has 2 aliphatic rings. The van der Waals surface area contributed by atoms with Crippen LogP contribution in [0.3, 0.4) is 0 Å². The normalized spacial score (nSPS) is 19.5. The number of nitrogens with one attached hydrogen (secondary N) is 1. The third-order valence-electron chi connectivity index (χ3n) is 6.25. The molecule has 2 aliphatic heterocycles. The van der Waals surface area contributed by atoms with Gasteiger partial charge in [-0.05, 0) is 24.0 Å². The Hall–Kier alpha value is -2.81. The topological polar surface area (TPSA) is 89.3 Å². The first kappa shape index (κ1) is 22.4. The number of ether oxygens (including phenoxy) is 1. The lowest BCUT2D eigenvalue weighted by molar-refractivity contribution is -0.130. The molecule has 1 fully saturated rings. The van der Waals surface area contributed by atoms with E-state index in [1.54, 1.807) is 23.1 Å². The first-order chi connectivity index (χ1) is 15.4. The molecule has 0 aliphatic carbocycles. The maximum absolute atomic E-state index is 14.0. The number of nitrogens with zero attached hydrogens (tertiary/aromatic N) is 4. The van der Waals surface area contributed by atoms with Crippen LogP contribution in [-0.4, -0.2) is 57.8 Å². The molecule has 1 N–H and O–H groups in total. The number of carbonyl (C=O) groups is 2. The van der Waals surface area contributed by atoms with Crippen LogP contribution in [0.2, 0.25) is 0 Å². The summed E-state index contributed by atoms with van der Waals surface area (Å²) in [6, 6.07) is 6.09. The van der Waals surface area contributed by atoms with Gasteiger partial charge in [0.15, 0.2) is 5.82 Å². The Kier molecular flexibility index (Phi) is 6.83. The van der Waals surface area contributed by atoms with Gasteiger partial charge in [-0.1, -0.05) is 32.0 Å². The number of amides is 2. The highest BCUT2D eigenvalue weighted by atomic mass is 19.1. The van der Waals surface area contributed by atoms with Gasteiger partial charge in [-0.3, -0.25) is 9.59 Å². The SMILES string of the molecule is CC(C)C(NC(=O)C1CCOC1)c1nnc2n1CCN(C(=O)Cc1ccccc1F)CC2. The predicted octanol–water partition coefficient (Wildman–Crippen LogP) is 1.89. The van der Waals surface area contributed by atoms with Crippen LogP contribution in [0, 0.1) is 17.7 Å². The molecule has 172 valence electrons. The monoisotopic (exact) mass is 443 g/mol. The van der Waals surface area contributed by atoms with Crippen molar-refractivity contribution in [3.05, 3.63) is 47.3 Å². The van der Waals surface area contributed by atoms with E-state index in [4.69, 9.17) is 4.74 Å². The largest absolute Gasteiger partial charge is 0.381 e. The van der Waals surface area contributed by atoms with Gasteiger partial charge in [0.2, 0.25) is 11.8 Å². The van der Waals surface area contributed by atoms with Gasteiger partial charge in [0, 0.05) is 32.7 Å². The zero-order valence-electron chi connectivity index (χ0n) is 18.6. The van der Waals surface area contributed by atoms with E-state index in [-0.39, 0.29) is 41.9 Å². The summed E-state index contributed by atoms with van der Waals surface area (Å²) in [6.45, 7) is 6.67. The van der Waals surface area contributed by atoms with Crippen LogP contribution in [0.4, 0.5) is 4.39 Å². The summed E-state index contributed by atoms with van der Waals surface area (Å²) in [5, 5.41) is 11.9. The molecule has 3 heterocycles. The molecule has 9 heteroatoms. The molecule has 0 radical (unpaired) electrons. The molecule has 1 saturated heterocycles. The Morgan fingerprint density at radius 2 is 2.03 bits per heavy atom. The lowest BCUT2D eigenvalue weighted by atomic mass is 10.0. The highest BCUT2D eigenvalue weighted by Gasteiger charge is 2.31. The van der Waals surface area contributed by atoms with E-state index in [2.05, 4.69) is 15.5 Å². The maximum Gasteiger partial charge on any atom is 0.227 e. The number of fused-ring (bicyclic) bond motifs is 1. The van der Waals surface area contributed by atoms with Crippen molar-refractivity contribution < 1.29 is 18.7 Å². The summed E-state index contributed by atoms with van der Waals surface area (Å²) in [6.07, 6.45) is 1.33. The second kappa shape index (κ2) is 9.77. The summed E-state index contributed by atoms with van der Waals surface area (Å²) >= 11 is 0. The van der Waals surface area contributed by atoms with Crippen LogP contribution < -0.4 is 5.32 Å². The Morgan fingerprint density at radius 1 is 1.22 bits per heavy atom. The van der Waals surface area contributed by atoms with E-state index >= 15 is 0 Å². The third-order valence-corrected chi connectivity index (χ3v) is 6.25. The minimum absolute atomic E-state index is 0.0196. The average molecular weight is 444 g/mol. The van der Waals surface area contributed by atoms with Crippen molar-refractivity contribution >= 4 is 11.8 Å². The van der Waals surface area contributed by atoms with Crippen molar-refractivity contribution in [2.24, 2.45) is 11.8 Å². The molecule has 0 saturated carbocycles. The van der Waals surface area contributed by atoms with E-state index in [1.807, 2.05) is 18.4 Å². The Labute approximate surface area is 187 Å². The molecule has 4 rings (SSSR count). The fraction of sp³-hybridized carbons (Fsp3) is 0.565. The lowest BCUT2D eigenvalue weighted by Gasteiger charge is -2.24. The van der Waals surface area contributed by atoms with Crippen molar-refractivity contribution in [3.8, 4) is 0 Å². The van der Waals surface area contributed by atoms with E-state index in [0.29, 0.717) is 50.7 Å². The molecular formula is C23H30FN5O3. The Bertz CT molecular complexity index is 970. The number of halogens is 1. The number of aromatic nitrogens is 3. The Balaban J connectivity index is 1.45. The second-order valence-electron chi connectivity index (χ2n) is 8.82. The first-order valence-corrected chi connectivity index (χ1v) is 11.2. The quantitative estimate of drug-likeness (QED) is 0.737. The fourth-order valence-corrected chi connectivity index (χ4v) is 4.28. The molecule has 2 aromatic rings. The van der Waals surface area contributed by atoms with Crippen LogP contribution >= 0.6 is 0 Å². The van der Waals surface area contributed by atoms with Crippen LogP contribution in [0.15, 0.2) is 24.3 Å². The summed E-state index contributed by atoms with van der Waals surface area (Å²) in [5.74, 6) is 1.01. The lowest BCUT2D eigenvalue weighted by Crippen LogP contribution is -2.38. The van der Waals surface area contributed by atoms with Crippen molar-refractivity contribution in [3.63, 3.8) is 0 Å². The molecule has 8 nitrogen and oxygen atoms in total. The highest BCUT2D eigenvalue weighted by molar-refractivity contribution is 5.79. The molecule has 2 unspecified atom stereocenters. The molecule has 1 aromatic carbocycles. The van der Waals surface area contributed by atoms with Crippen molar-refractivity contribution in [2.45, 2.75) is 45.7 Å². The fourth-order valence-electron chi connectivity index (χ4n) is 4.28. The van der Waals surface area contributed by atoms with Gasteiger partial charge in [0.25, 0.3) is 0 Å². The summed E-state index contributed by atoms with van der Waals surface area (Å²) in [7, 11) is 0. The molecule has 1 aromatic heterocycles. The third kappa shape index (κ3) is 4.82. The minimum atomic E-state index is -0.363. The van der Waals surface area contributed by atoms with Crippen LogP contribution in [-0.2, 0) is 33.7 Å². The standard InChI is InChI=1S/C23H30FN5O3/c1-15(2)21(25-23(31)17-8-12-32-14-17)22-27-26-19-7-9-28(10-11-29(19)22)20(30)13-16-5-3-4-6-18(16)24/h3-6,15,17,21H,7-14H2,1-2H3,(H,25,31). The van der Waals surface area contributed by atoms with E-state index < -0.39 is 0 Å². The number of carbonyl (C=O) groups excluding carboxylic acids is 2. The van der Waals surface area contributed by atoms with Gasteiger partial charge < -0.3 is 19.5 Å². The summed E-state index contributed by atoms with van der Waals surface area (Å²) < 4.78 is 21.3. The van der Waals surface area contributed by atoms with Gasteiger partial charge >= 0.3 is 0 Å². The minimum Gasteiger partial charge on any atom is -0.381 e. The van der Waals surface area contributed by atoms with Crippen LogP contribution in [0.1, 0.15) is 43.5 Å². The van der Waals surface area contributed by atoms with Gasteiger partial charge in [-0.15, -0.1) is 10.2 Å². The number of hydrogen-bond acceptors (Lipinski definition) is 5. The highest BCUT2D eigenvalue weighted by Crippen LogP contribution is 2.24. The maximum atomic E-state index is 14.0. The summed E-state index contributed by atoms with van der Waals surface area (Å²) in [5.41, 5.74) is 0.403. The van der Waals surface area contributed by atoms with Gasteiger partial charge in [0.1, 0.15) is 11.6 Å². The number of benzene rings is 1. The predicted molar refractivity (Wildman–Crippen MR) is 115 cm³/mol. The zero-order valence-corrected chi connectivity index (χ0v) is 18.6. The van der Waals surface area contributed by atoms with Crippen molar-refractivity contribution in [1.82, 2.24) is 25.0 Å². The molecule has 32 heavy (non-hydrogen) atoms. The van der Waals surface area contributed by atoms with Gasteiger partial charge in [-0.25, -0.2) is 4.39 Å². The zero-order chi connectivity index (χ0) is 22.7. The van der Waals surface area contributed by atoms with E-state index in [0.717, 1.165) is 12.2 Å². The van der Waals surface area contributed by atoms with Gasteiger partial charge in [-0.2, -0.15) is 0 Å². The molecular weight excluding hydrogens is 413 g/mol.